The van der Waals surface area contributed by atoms with Crippen LogP contribution in [-0.4, -0.2) is 53.6 Å². The van der Waals surface area contributed by atoms with Crippen molar-refractivity contribution in [3.8, 4) is 16.9 Å². The fourth-order valence-corrected chi connectivity index (χ4v) is 6.81. The Hall–Kier alpha value is -2.69. The average molecular weight is 513 g/mol. The van der Waals surface area contributed by atoms with Crippen molar-refractivity contribution < 1.29 is 22.1 Å². The SMILES string of the molecule is CS(=O)(=O)OC1CCC(n2cc(-c3cccc(OCC45CCC(CC4)O5)c3)c3c(N)ncnc32)CC1. The van der Waals surface area contributed by atoms with Gasteiger partial charge >= 0.3 is 0 Å². The number of nitrogen functional groups attached to an aromatic ring is 1. The highest BCUT2D eigenvalue weighted by molar-refractivity contribution is 7.86. The highest BCUT2D eigenvalue weighted by Gasteiger charge is 2.46. The molecule has 1 aromatic carbocycles. The monoisotopic (exact) mass is 512 g/mol. The van der Waals surface area contributed by atoms with E-state index in [4.69, 9.17) is 19.4 Å². The van der Waals surface area contributed by atoms with E-state index < -0.39 is 10.1 Å². The van der Waals surface area contributed by atoms with Gasteiger partial charge in [-0.05, 0) is 69.1 Å². The van der Waals surface area contributed by atoms with Gasteiger partial charge in [0.05, 0.1) is 23.8 Å². The summed E-state index contributed by atoms with van der Waals surface area (Å²) in [6.45, 7) is 0.568. The highest BCUT2D eigenvalue weighted by Crippen LogP contribution is 2.44. The van der Waals surface area contributed by atoms with Gasteiger partial charge in [-0.3, -0.25) is 4.18 Å². The van der Waals surface area contributed by atoms with Crippen LogP contribution in [-0.2, 0) is 19.0 Å². The normalized spacial score (nSPS) is 28.1. The molecule has 2 saturated heterocycles. The third-order valence-corrected chi connectivity index (χ3v) is 8.52. The second-order valence-electron chi connectivity index (χ2n) is 10.5. The summed E-state index contributed by atoms with van der Waals surface area (Å²) in [5.74, 6) is 1.24. The largest absolute Gasteiger partial charge is 0.491 e. The molecule has 4 heterocycles. The molecule has 0 unspecified atom stereocenters. The average Bonchev–Trinajstić information content (AvgIpc) is 3.57. The molecule has 36 heavy (non-hydrogen) atoms. The zero-order valence-electron chi connectivity index (χ0n) is 20.4. The van der Waals surface area contributed by atoms with Gasteiger partial charge in [-0.15, -0.1) is 0 Å². The Morgan fingerprint density at radius 1 is 1.14 bits per heavy atom. The third kappa shape index (κ3) is 4.57. The molecule has 0 spiro atoms. The maximum absolute atomic E-state index is 11.5. The Morgan fingerprint density at radius 3 is 2.61 bits per heavy atom. The first kappa shape index (κ1) is 23.7. The van der Waals surface area contributed by atoms with Crippen molar-refractivity contribution in [2.75, 3.05) is 18.6 Å². The fourth-order valence-electron chi connectivity index (χ4n) is 6.13. The van der Waals surface area contributed by atoms with E-state index in [1.807, 2.05) is 24.3 Å². The van der Waals surface area contributed by atoms with Crippen LogP contribution in [0.5, 0.6) is 5.75 Å². The Labute approximate surface area is 211 Å². The van der Waals surface area contributed by atoms with Gasteiger partial charge in [0.15, 0.2) is 0 Å². The number of nitrogens with zero attached hydrogens (tertiary/aromatic N) is 3. The van der Waals surface area contributed by atoms with Crippen molar-refractivity contribution in [3.63, 3.8) is 0 Å². The summed E-state index contributed by atoms with van der Waals surface area (Å²) in [7, 11) is -3.46. The van der Waals surface area contributed by atoms with Gasteiger partial charge in [-0.1, -0.05) is 12.1 Å². The van der Waals surface area contributed by atoms with E-state index >= 15 is 0 Å². The molecule has 2 aliphatic heterocycles. The van der Waals surface area contributed by atoms with E-state index in [0.29, 0.717) is 31.4 Å². The lowest BCUT2D eigenvalue weighted by Gasteiger charge is -2.29. The summed E-state index contributed by atoms with van der Waals surface area (Å²) >= 11 is 0. The van der Waals surface area contributed by atoms with Crippen molar-refractivity contribution in [2.45, 2.75) is 75.2 Å². The van der Waals surface area contributed by atoms with E-state index in [1.54, 1.807) is 0 Å². The number of fused-ring (bicyclic) bond motifs is 3. The summed E-state index contributed by atoms with van der Waals surface area (Å²) in [6, 6.07) is 8.23. The van der Waals surface area contributed by atoms with Crippen LogP contribution in [0.4, 0.5) is 5.82 Å². The molecule has 1 saturated carbocycles. The Morgan fingerprint density at radius 2 is 1.92 bits per heavy atom. The summed E-state index contributed by atoms with van der Waals surface area (Å²) in [5, 5.41) is 0.820. The van der Waals surface area contributed by atoms with Crippen LogP contribution in [0.25, 0.3) is 22.2 Å². The maximum atomic E-state index is 11.5. The minimum atomic E-state index is -3.46. The van der Waals surface area contributed by atoms with Crippen molar-refractivity contribution in [1.29, 1.82) is 0 Å². The molecule has 3 aliphatic rings. The van der Waals surface area contributed by atoms with E-state index in [9.17, 15) is 8.42 Å². The van der Waals surface area contributed by atoms with E-state index in [1.165, 1.54) is 6.33 Å². The number of anilines is 1. The molecule has 0 atom stereocenters. The molecule has 192 valence electrons. The molecule has 2 bridgehead atoms. The zero-order chi connectivity index (χ0) is 24.9. The van der Waals surface area contributed by atoms with Gasteiger partial charge in [0.25, 0.3) is 10.1 Å². The predicted molar refractivity (Wildman–Crippen MR) is 136 cm³/mol. The molecular formula is C26H32N4O5S. The van der Waals surface area contributed by atoms with Crippen molar-refractivity contribution >= 4 is 27.0 Å². The highest BCUT2D eigenvalue weighted by atomic mass is 32.2. The molecular weight excluding hydrogens is 480 g/mol. The van der Waals surface area contributed by atoms with Crippen LogP contribution in [0, 0.1) is 0 Å². The Kier molecular flexibility index (Phi) is 5.93. The Balaban J connectivity index is 1.26. The quantitative estimate of drug-likeness (QED) is 0.467. The molecule has 2 N–H and O–H groups in total. The number of rotatable bonds is 7. The van der Waals surface area contributed by atoms with Gasteiger partial charge < -0.3 is 19.8 Å². The minimum Gasteiger partial charge on any atom is -0.491 e. The first-order valence-corrected chi connectivity index (χ1v) is 14.5. The molecule has 9 nitrogen and oxygen atoms in total. The van der Waals surface area contributed by atoms with Crippen LogP contribution < -0.4 is 10.5 Å². The standard InChI is InChI=1S/C26H32N4O5S/c1-36(31,32)35-20-7-5-18(6-8-20)30-14-22(23-24(27)28-16-29-25(23)30)17-3-2-4-21(13-17)33-15-26-11-9-19(34-26)10-12-26/h2-4,13-14,16,18-20H,5-12,15H2,1H3,(H2,27,28,29). The molecule has 3 fully saturated rings. The summed E-state index contributed by atoms with van der Waals surface area (Å²) < 4.78 is 42.9. The van der Waals surface area contributed by atoms with Crippen molar-refractivity contribution in [1.82, 2.24) is 14.5 Å². The molecule has 0 radical (unpaired) electrons. The summed E-state index contributed by atoms with van der Waals surface area (Å²) in [5.41, 5.74) is 8.95. The first-order chi connectivity index (χ1) is 17.3. The van der Waals surface area contributed by atoms with Crippen LogP contribution in [0.1, 0.15) is 57.4 Å². The van der Waals surface area contributed by atoms with Gasteiger partial charge in [-0.25, -0.2) is 9.97 Å². The van der Waals surface area contributed by atoms with E-state index in [2.05, 4.69) is 20.7 Å². The number of ether oxygens (including phenoxy) is 2. The van der Waals surface area contributed by atoms with Crippen molar-refractivity contribution in [3.05, 3.63) is 36.8 Å². The smallest absolute Gasteiger partial charge is 0.264 e. The van der Waals surface area contributed by atoms with Crippen LogP contribution in [0.3, 0.4) is 0 Å². The lowest BCUT2D eigenvalue weighted by atomic mass is 9.89. The molecule has 6 rings (SSSR count). The predicted octanol–water partition coefficient (Wildman–Crippen LogP) is 4.23. The number of hydrogen-bond acceptors (Lipinski definition) is 8. The zero-order valence-corrected chi connectivity index (χ0v) is 21.2. The van der Waals surface area contributed by atoms with Crippen LogP contribution >= 0.6 is 0 Å². The van der Waals surface area contributed by atoms with Crippen molar-refractivity contribution in [2.24, 2.45) is 0 Å². The number of hydrogen-bond donors (Lipinski definition) is 1. The van der Waals surface area contributed by atoms with E-state index in [-0.39, 0.29) is 17.7 Å². The second-order valence-corrected chi connectivity index (χ2v) is 12.1. The molecule has 2 aromatic heterocycles. The summed E-state index contributed by atoms with van der Waals surface area (Å²) in [6.07, 6.45) is 12.1. The number of benzene rings is 1. The van der Waals surface area contributed by atoms with Gasteiger partial charge in [0.2, 0.25) is 0 Å². The lowest BCUT2D eigenvalue weighted by molar-refractivity contribution is -0.0198. The van der Waals surface area contributed by atoms with Gasteiger partial charge in [0, 0.05) is 17.8 Å². The summed E-state index contributed by atoms with van der Waals surface area (Å²) in [4.78, 5) is 8.83. The fraction of sp³-hybridized carbons (Fsp3) is 0.538. The minimum absolute atomic E-state index is 0.130. The third-order valence-electron chi connectivity index (χ3n) is 7.89. The first-order valence-electron chi connectivity index (χ1n) is 12.7. The number of aromatic nitrogens is 3. The maximum Gasteiger partial charge on any atom is 0.264 e. The van der Waals surface area contributed by atoms with Gasteiger partial charge in [-0.2, -0.15) is 8.42 Å². The second kappa shape index (κ2) is 9.00. The molecule has 1 aliphatic carbocycles. The van der Waals surface area contributed by atoms with Gasteiger partial charge in [0.1, 0.15) is 35.7 Å². The van der Waals surface area contributed by atoms with Crippen LogP contribution in [0.15, 0.2) is 36.8 Å². The lowest BCUT2D eigenvalue weighted by Crippen LogP contribution is -2.32. The Bertz CT molecular complexity index is 1370. The molecule has 0 amide bonds. The van der Waals surface area contributed by atoms with Crippen LogP contribution in [0.2, 0.25) is 0 Å². The number of nitrogens with two attached hydrogens (primary N) is 1. The molecule has 3 aromatic rings. The molecule has 10 heteroatoms. The topological polar surface area (TPSA) is 119 Å². The van der Waals surface area contributed by atoms with E-state index in [0.717, 1.165) is 72.7 Å².